The lowest BCUT2D eigenvalue weighted by Gasteiger charge is -2.38. The van der Waals surface area contributed by atoms with Gasteiger partial charge in [0.1, 0.15) is 0 Å². The fraction of sp³-hybridized carbons (Fsp3) is 0.692. The fourth-order valence-electron chi connectivity index (χ4n) is 2.38. The van der Waals surface area contributed by atoms with Crippen molar-refractivity contribution in [3.8, 4) is 0 Å². The van der Waals surface area contributed by atoms with E-state index in [2.05, 4.69) is 45.9 Å². The van der Waals surface area contributed by atoms with Crippen molar-refractivity contribution >= 4 is 0 Å². The van der Waals surface area contributed by atoms with E-state index < -0.39 is 0 Å². The van der Waals surface area contributed by atoms with Crippen molar-refractivity contribution in [1.82, 2.24) is 0 Å². The third-order valence-corrected chi connectivity index (χ3v) is 3.36. The molecule has 1 atom stereocenters. The van der Waals surface area contributed by atoms with E-state index in [-0.39, 0.29) is 0 Å². The lowest BCUT2D eigenvalue weighted by atomic mass is 9.67. The summed E-state index contributed by atoms with van der Waals surface area (Å²) in [6.07, 6.45) is 10.7. The maximum absolute atomic E-state index is 2.42. The third-order valence-electron chi connectivity index (χ3n) is 3.36. The van der Waals surface area contributed by atoms with E-state index in [0.717, 1.165) is 5.92 Å². The van der Waals surface area contributed by atoms with Crippen LogP contribution in [0.4, 0.5) is 0 Å². The molecule has 0 saturated carbocycles. The molecule has 1 aliphatic rings. The summed E-state index contributed by atoms with van der Waals surface area (Å²) in [7, 11) is 0. The molecule has 0 aromatic rings. The van der Waals surface area contributed by atoms with Crippen LogP contribution in [-0.2, 0) is 0 Å². The van der Waals surface area contributed by atoms with Gasteiger partial charge in [-0.1, -0.05) is 37.6 Å². The molecule has 0 heterocycles. The van der Waals surface area contributed by atoms with Crippen LogP contribution in [0.15, 0.2) is 23.8 Å². The van der Waals surface area contributed by atoms with Crippen molar-refractivity contribution in [3.63, 3.8) is 0 Å². The van der Waals surface area contributed by atoms with Crippen LogP contribution in [0, 0.1) is 11.3 Å². The van der Waals surface area contributed by atoms with E-state index in [1.807, 2.05) is 0 Å². The molecule has 0 spiro atoms. The molecule has 0 aromatic carbocycles. The van der Waals surface area contributed by atoms with Gasteiger partial charge in [-0.2, -0.15) is 0 Å². The largest absolute Gasteiger partial charge is 0.0916 e. The van der Waals surface area contributed by atoms with Crippen molar-refractivity contribution in [2.75, 3.05) is 0 Å². The third kappa shape index (κ3) is 2.46. The van der Waals surface area contributed by atoms with Crippen LogP contribution in [0.25, 0.3) is 0 Å². The summed E-state index contributed by atoms with van der Waals surface area (Å²) in [4.78, 5) is 0. The molecule has 0 aliphatic heterocycles. The highest BCUT2D eigenvalue weighted by Crippen LogP contribution is 2.42. The zero-order valence-electron chi connectivity index (χ0n) is 9.43. The molecular weight excluding hydrogens is 156 g/mol. The number of hydrogen-bond acceptors (Lipinski definition) is 0. The Bertz CT molecular complexity index is 218. The monoisotopic (exact) mass is 178 g/mol. The predicted octanol–water partition coefficient (Wildman–Crippen LogP) is 4.34. The quantitative estimate of drug-likeness (QED) is 0.552. The lowest BCUT2D eigenvalue weighted by Crippen LogP contribution is -2.27. The summed E-state index contributed by atoms with van der Waals surface area (Å²) in [5.74, 6) is 0.762. The summed E-state index contributed by atoms with van der Waals surface area (Å²) in [6, 6.07) is 0. The second-order valence-electron chi connectivity index (χ2n) is 4.83. The van der Waals surface area contributed by atoms with Gasteiger partial charge >= 0.3 is 0 Å². The molecule has 1 rings (SSSR count). The Labute approximate surface area is 82.7 Å². The van der Waals surface area contributed by atoms with Gasteiger partial charge in [0.25, 0.3) is 0 Å². The molecule has 13 heavy (non-hydrogen) atoms. The highest BCUT2D eigenvalue weighted by atomic mass is 14.4. The first kappa shape index (κ1) is 10.6. The molecule has 74 valence electrons. The highest BCUT2D eigenvalue weighted by Gasteiger charge is 2.31. The van der Waals surface area contributed by atoms with Gasteiger partial charge in [-0.3, -0.25) is 0 Å². The minimum Gasteiger partial charge on any atom is -0.0916 e. The average Bonchev–Trinajstić information content (AvgIpc) is 2.02. The molecule has 0 aromatic heterocycles. The van der Waals surface area contributed by atoms with Crippen molar-refractivity contribution in [1.29, 1.82) is 0 Å². The van der Waals surface area contributed by atoms with Crippen molar-refractivity contribution in [2.24, 2.45) is 11.3 Å². The van der Waals surface area contributed by atoms with Gasteiger partial charge in [-0.05, 0) is 44.4 Å². The standard InChI is InChI=1S/C13H22/c1-5-6-9-12-11(2)8-7-10-13(12,3)4/h5-6,8,12H,7,9-10H2,1-4H3/b6-5-. The summed E-state index contributed by atoms with van der Waals surface area (Å²) >= 11 is 0. The van der Waals surface area contributed by atoms with E-state index in [0.29, 0.717) is 5.41 Å². The second-order valence-corrected chi connectivity index (χ2v) is 4.83. The van der Waals surface area contributed by atoms with Gasteiger partial charge < -0.3 is 0 Å². The summed E-state index contributed by atoms with van der Waals surface area (Å²) in [5.41, 5.74) is 2.09. The predicted molar refractivity (Wildman–Crippen MR) is 59.7 cm³/mol. The maximum atomic E-state index is 2.42. The van der Waals surface area contributed by atoms with Crippen LogP contribution >= 0.6 is 0 Å². The van der Waals surface area contributed by atoms with Crippen LogP contribution in [0.3, 0.4) is 0 Å². The Balaban J connectivity index is 2.75. The molecule has 0 saturated heterocycles. The van der Waals surface area contributed by atoms with E-state index in [4.69, 9.17) is 0 Å². The van der Waals surface area contributed by atoms with Gasteiger partial charge in [0.05, 0.1) is 0 Å². The molecular formula is C13H22. The highest BCUT2D eigenvalue weighted by molar-refractivity contribution is 5.13. The fourth-order valence-corrected chi connectivity index (χ4v) is 2.38. The Kier molecular flexibility index (Phi) is 3.35. The molecule has 0 fully saturated rings. The van der Waals surface area contributed by atoms with Crippen LogP contribution in [0.1, 0.15) is 47.0 Å². The van der Waals surface area contributed by atoms with E-state index >= 15 is 0 Å². The molecule has 0 nitrogen and oxygen atoms in total. The van der Waals surface area contributed by atoms with Gasteiger partial charge in [-0.25, -0.2) is 0 Å². The minimum absolute atomic E-state index is 0.498. The van der Waals surface area contributed by atoms with Gasteiger partial charge in [0.2, 0.25) is 0 Å². The molecule has 1 aliphatic carbocycles. The smallest absolute Gasteiger partial charge is 0.0120 e. The van der Waals surface area contributed by atoms with E-state index in [9.17, 15) is 0 Å². The summed E-state index contributed by atoms with van der Waals surface area (Å²) in [5, 5.41) is 0. The Hall–Kier alpha value is -0.520. The number of allylic oxidation sites excluding steroid dienone is 4. The molecule has 1 unspecified atom stereocenters. The molecule has 0 radical (unpaired) electrons. The number of hydrogen-bond donors (Lipinski definition) is 0. The number of rotatable bonds is 2. The maximum Gasteiger partial charge on any atom is -0.0120 e. The van der Waals surface area contributed by atoms with Crippen molar-refractivity contribution in [3.05, 3.63) is 23.8 Å². The zero-order valence-corrected chi connectivity index (χ0v) is 9.43. The van der Waals surface area contributed by atoms with Crippen molar-refractivity contribution < 1.29 is 0 Å². The first-order valence-corrected chi connectivity index (χ1v) is 5.36. The zero-order chi connectivity index (χ0) is 9.90. The average molecular weight is 178 g/mol. The topological polar surface area (TPSA) is 0 Å². The Morgan fingerprint density at radius 3 is 2.77 bits per heavy atom. The first-order chi connectivity index (χ1) is 6.08. The first-order valence-electron chi connectivity index (χ1n) is 5.36. The summed E-state index contributed by atoms with van der Waals surface area (Å²) in [6.45, 7) is 9.19. The second kappa shape index (κ2) is 4.13. The molecule has 0 N–H and O–H groups in total. The normalized spacial score (nSPS) is 27.7. The minimum atomic E-state index is 0.498. The SMILES string of the molecule is C/C=C\CC1C(C)=CCCC1(C)C. The van der Waals surface area contributed by atoms with Crippen LogP contribution < -0.4 is 0 Å². The summed E-state index contributed by atoms with van der Waals surface area (Å²) < 4.78 is 0. The van der Waals surface area contributed by atoms with Gasteiger partial charge in [0, 0.05) is 0 Å². The van der Waals surface area contributed by atoms with Crippen LogP contribution in [0.5, 0.6) is 0 Å². The van der Waals surface area contributed by atoms with E-state index in [1.54, 1.807) is 5.57 Å². The molecule has 0 heteroatoms. The molecule has 0 amide bonds. The van der Waals surface area contributed by atoms with Gasteiger partial charge in [-0.15, -0.1) is 0 Å². The van der Waals surface area contributed by atoms with Crippen LogP contribution in [0.2, 0.25) is 0 Å². The molecule has 0 bridgehead atoms. The van der Waals surface area contributed by atoms with E-state index in [1.165, 1.54) is 19.3 Å². The Morgan fingerprint density at radius 2 is 2.23 bits per heavy atom. The van der Waals surface area contributed by atoms with Crippen molar-refractivity contribution in [2.45, 2.75) is 47.0 Å². The van der Waals surface area contributed by atoms with Crippen LogP contribution in [-0.4, -0.2) is 0 Å². The lowest BCUT2D eigenvalue weighted by molar-refractivity contribution is 0.216. The Morgan fingerprint density at radius 1 is 1.54 bits per heavy atom. The van der Waals surface area contributed by atoms with Gasteiger partial charge in [0.15, 0.2) is 0 Å².